The highest BCUT2D eigenvalue weighted by molar-refractivity contribution is 7.16. The van der Waals surface area contributed by atoms with Gasteiger partial charge in [0.25, 0.3) is 0 Å². The highest BCUT2D eigenvalue weighted by Crippen LogP contribution is 2.34. The van der Waals surface area contributed by atoms with Crippen LogP contribution in [-0.4, -0.2) is 86.5 Å². The molecule has 3 aliphatic heterocycles. The summed E-state index contributed by atoms with van der Waals surface area (Å²) in [6.07, 6.45) is 0. The van der Waals surface area contributed by atoms with Crippen LogP contribution in [0.5, 0.6) is 0 Å². The molecule has 0 unspecified atom stereocenters. The second kappa shape index (κ2) is 7.21. The zero-order valence-corrected chi connectivity index (χ0v) is 14.8. The molecule has 0 aliphatic carbocycles. The fourth-order valence-electron chi connectivity index (χ4n) is 3.40. The largest absolute Gasteiger partial charge is 0.379 e. The van der Waals surface area contributed by atoms with Crippen molar-refractivity contribution in [2.24, 2.45) is 0 Å². The predicted molar refractivity (Wildman–Crippen MR) is 91.6 cm³/mol. The fraction of sp³-hybridized carbons (Fsp3) is 0.800. The molecular formula is C15H23ClN4O2S. The summed E-state index contributed by atoms with van der Waals surface area (Å²) in [5, 5.41) is 2.88. The number of nitrogens with zero attached hydrogens (tertiary/aromatic N) is 4. The quantitative estimate of drug-likeness (QED) is 0.804. The van der Waals surface area contributed by atoms with Crippen LogP contribution in [-0.2, 0) is 16.0 Å². The number of ether oxygens (including phenoxy) is 2. The molecule has 0 N–H and O–H groups in total. The first kappa shape index (κ1) is 16.1. The normalized spacial score (nSPS) is 24.8. The number of rotatable bonds is 4. The van der Waals surface area contributed by atoms with Gasteiger partial charge in [0.2, 0.25) is 0 Å². The third kappa shape index (κ3) is 3.65. The second-order valence-corrected chi connectivity index (χ2v) is 7.72. The molecule has 23 heavy (non-hydrogen) atoms. The van der Waals surface area contributed by atoms with Crippen LogP contribution in [0, 0.1) is 0 Å². The number of anilines is 1. The van der Waals surface area contributed by atoms with Crippen molar-refractivity contribution < 1.29 is 9.47 Å². The van der Waals surface area contributed by atoms with E-state index in [2.05, 4.69) is 19.7 Å². The Bertz CT molecular complexity index is 526. The summed E-state index contributed by atoms with van der Waals surface area (Å²) in [5.74, 6) is 0. The molecule has 0 radical (unpaired) electrons. The Balaban J connectivity index is 1.30. The van der Waals surface area contributed by atoms with E-state index in [9.17, 15) is 0 Å². The summed E-state index contributed by atoms with van der Waals surface area (Å²) in [6.45, 7) is 10.4. The molecule has 4 rings (SSSR count). The van der Waals surface area contributed by atoms with Gasteiger partial charge in [-0.15, -0.1) is 0 Å². The van der Waals surface area contributed by atoms with E-state index >= 15 is 0 Å². The third-order valence-electron chi connectivity index (χ3n) is 4.77. The zero-order valence-electron chi connectivity index (χ0n) is 13.2. The summed E-state index contributed by atoms with van der Waals surface area (Å²) >= 11 is 8.08. The van der Waals surface area contributed by atoms with Crippen LogP contribution in [0.15, 0.2) is 0 Å². The monoisotopic (exact) mass is 358 g/mol. The number of thiazole rings is 1. The Morgan fingerprint density at radius 3 is 2.39 bits per heavy atom. The number of aromatic nitrogens is 1. The van der Waals surface area contributed by atoms with E-state index in [1.165, 1.54) is 0 Å². The lowest BCUT2D eigenvalue weighted by Gasteiger charge is -2.46. The Morgan fingerprint density at radius 1 is 1.04 bits per heavy atom. The van der Waals surface area contributed by atoms with Gasteiger partial charge < -0.3 is 14.4 Å². The van der Waals surface area contributed by atoms with E-state index in [0.29, 0.717) is 11.2 Å². The lowest BCUT2D eigenvalue weighted by Crippen LogP contribution is -2.60. The van der Waals surface area contributed by atoms with Gasteiger partial charge in [-0.25, -0.2) is 4.98 Å². The molecule has 4 heterocycles. The molecule has 0 saturated carbocycles. The van der Waals surface area contributed by atoms with Gasteiger partial charge in [0.1, 0.15) is 10.0 Å². The molecule has 3 fully saturated rings. The van der Waals surface area contributed by atoms with E-state index in [-0.39, 0.29) is 0 Å². The minimum atomic E-state index is 0.650. The van der Waals surface area contributed by atoms with Crippen LogP contribution in [0.4, 0.5) is 5.00 Å². The summed E-state index contributed by atoms with van der Waals surface area (Å²) < 4.78 is 10.8. The first-order chi connectivity index (χ1) is 11.3. The van der Waals surface area contributed by atoms with Crippen LogP contribution in [0.3, 0.4) is 0 Å². The maximum atomic E-state index is 6.35. The van der Waals surface area contributed by atoms with E-state index < -0.39 is 0 Å². The molecule has 3 aliphatic rings. The molecule has 0 spiro atoms. The number of hydrogen-bond donors (Lipinski definition) is 0. The molecule has 6 nitrogen and oxygen atoms in total. The Morgan fingerprint density at radius 2 is 1.70 bits per heavy atom. The molecule has 1 aromatic heterocycles. The fourth-order valence-corrected chi connectivity index (χ4v) is 4.84. The highest BCUT2D eigenvalue weighted by Gasteiger charge is 2.33. The zero-order chi connectivity index (χ0) is 15.6. The minimum absolute atomic E-state index is 0.650. The maximum absolute atomic E-state index is 6.35. The lowest BCUT2D eigenvalue weighted by molar-refractivity contribution is -0.0344. The molecule has 3 saturated heterocycles. The lowest BCUT2D eigenvalue weighted by atomic mass is 10.1. The highest BCUT2D eigenvalue weighted by atomic mass is 35.5. The molecular weight excluding hydrogens is 336 g/mol. The molecule has 128 valence electrons. The Labute approximate surface area is 145 Å². The number of likely N-dealkylation sites (tertiary alicyclic amines) is 1. The topological polar surface area (TPSA) is 41.1 Å². The van der Waals surface area contributed by atoms with E-state index in [4.69, 9.17) is 21.1 Å². The second-order valence-electron chi connectivity index (χ2n) is 6.30. The van der Waals surface area contributed by atoms with Gasteiger partial charge in [-0.1, -0.05) is 22.9 Å². The molecule has 0 bridgehead atoms. The van der Waals surface area contributed by atoms with Crippen LogP contribution in [0.2, 0.25) is 5.15 Å². The number of hydrogen-bond acceptors (Lipinski definition) is 7. The minimum Gasteiger partial charge on any atom is -0.379 e. The number of halogens is 1. The summed E-state index contributed by atoms with van der Waals surface area (Å²) in [6, 6.07) is 0.688. The van der Waals surface area contributed by atoms with Crippen LogP contribution >= 0.6 is 22.9 Å². The van der Waals surface area contributed by atoms with Gasteiger partial charge in [-0.2, -0.15) is 0 Å². The average molecular weight is 359 g/mol. The standard InChI is InChI=1S/C15H23ClN4O2S/c16-14-15(20-3-7-22-8-4-20)23-13(17-14)11-18-9-12(10-18)19-1-5-21-6-2-19/h12H,1-11H2. The number of morpholine rings is 2. The first-order valence-electron chi connectivity index (χ1n) is 8.31. The van der Waals surface area contributed by atoms with Gasteiger partial charge in [0.05, 0.1) is 33.0 Å². The van der Waals surface area contributed by atoms with Gasteiger partial charge in [-0.3, -0.25) is 9.80 Å². The van der Waals surface area contributed by atoms with Crippen molar-refractivity contribution in [3.05, 3.63) is 10.2 Å². The predicted octanol–water partition coefficient (Wildman–Crippen LogP) is 1.15. The van der Waals surface area contributed by atoms with E-state index in [1.54, 1.807) is 11.3 Å². The van der Waals surface area contributed by atoms with Crippen molar-refractivity contribution in [2.45, 2.75) is 12.6 Å². The molecule has 8 heteroatoms. The summed E-state index contributed by atoms with van der Waals surface area (Å²) in [5.41, 5.74) is 0. The smallest absolute Gasteiger partial charge is 0.164 e. The molecule has 0 amide bonds. The average Bonchev–Trinajstić information content (AvgIpc) is 2.93. The molecule has 0 atom stereocenters. The van der Waals surface area contributed by atoms with Crippen molar-refractivity contribution in [3.63, 3.8) is 0 Å². The summed E-state index contributed by atoms with van der Waals surface area (Å²) in [4.78, 5) is 11.9. The van der Waals surface area contributed by atoms with E-state index in [1.807, 2.05) is 0 Å². The van der Waals surface area contributed by atoms with Gasteiger partial charge in [-0.05, 0) is 0 Å². The van der Waals surface area contributed by atoms with Gasteiger partial charge in [0, 0.05) is 45.3 Å². The third-order valence-corrected chi connectivity index (χ3v) is 6.25. The molecule has 0 aromatic carbocycles. The van der Waals surface area contributed by atoms with Gasteiger partial charge in [0.15, 0.2) is 5.15 Å². The van der Waals surface area contributed by atoms with Crippen molar-refractivity contribution in [1.29, 1.82) is 0 Å². The van der Waals surface area contributed by atoms with Crippen molar-refractivity contribution in [1.82, 2.24) is 14.8 Å². The van der Waals surface area contributed by atoms with E-state index in [0.717, 1.165) is 82.2 Å². The Hall–Kier alpha value is -0.440. The SMILES string of the molecule is Clc1nc(CN2CC(N3CCOCC3)C2)sc1N1CCOCC1. The molecule has 1 aromatic rings. The van der Waals surface area contributed by atoms with Crippen LogP contribution in [0.25, 0.3) is 0 Å². The summed E-state index contributed by atoms with van der Waals surface area (Å²) in [7, 11) is 0. The van der Waals surface area contributed by atoms with Crippen LogP contribution < -0.4 is 4.90 Å². The maximum Gasteiger partial charge on any atom is 0.164 e. The van der Waals surface area contributed by atoms with Gasteiger partial charge >= 0.3 is 0 Å². The van der Waals surface area contributed by atoms with Crippen LogP contribution in [0.1, 0.15) is 5.01 Å². The van der Waals surface area contributed by atoms with Crippen molar-refractivity contribution in [2.75, 3.05) is 70.6 Å². The van der Waals surface area contributed by atoms with Crippen molar-refractivity contribution in [3.8, 4) is 0 Å². The van der Waals surface area contributed by atoms with Crippen molar-refractivity contribution >= 4 is 27.9 Å². The Kier molecular flexibility index (Phi) is 5.03. The first-order valence-corrected chi connectivity index (χ1v) is 9.51.